The van der Waals surface area contributed by atoms with Gasteiger partial charge in [-0.1, -0.05) is 12.2 Å². The van der Waals surface area contributed by atoms with Gasteiger partial charge in [0, 0.05) is 24.7 Å². The SMILES string of the molecule is O=C1CCC(=O)[C@@H]2C=C[C@H]12. The number of Topliss-reactive ketones (excluding diaryl/α,β-unsaturated/α-hetero) is 2. The Morgan fingerprint density at radius 1 is 1.00 bits per heavy atom. The van der Waals surface area contributed by atoms with Crippen molar-refractivity contribution in [3.63, 3.8) is 0 Å². The Labute approximate surface area is 58.9 Å². The van der Waals surface area contributed by atoms with Crippen LogP contribution in [0.15, 0.2) is 12.2 Å². The summed E-state index contributed by atoms with van der Waals surface area (Å²) in [7, 11) is 0. The van der Waals surface area contributed by atoms with E-state index in [-0.39, 0.29) is 23.4 Å². The van der Waals surface area contributed by atoms with E-state index in [1.54, 1.807) is 0 Å². The van der Waals surface area contributed by atoms with Gasteiger partial charge < -0.3 is 0 Å². The Hall–Kier alpha value is -0.920. The van der Waals surface area contributed by atoms with Gasteiger partial charge in [-0.05, 0) is 0 Å². The maximum absolute atomic E-state index is 11.0. The van der Waals surface area contributed by atoms with Crippen molar-refractivity contribution in [3.8, 4) is 0 Å². The van der Waals surface area contributed by atoms with Crippen LogP contribution < -0.4 is 0 Å². The molecule has 0 bridgehead atoms. The molecule has 0 spiro atoms. The number of allylic oxidation sites excluding steroid dienone is 2. The van der Waals surface area contributed by atoms with E-state index in [0.29, 0.717) is 12.8 Å². The number of fused-ring (bicyclic) bond motifs is 1. The quantitative estimate of drug-likeness (QED) is 0.460. The van der Waals surface area contributed by atoms with E-state index >= 15 is 0 Å². The monoisotopic (exact) mass is 136 g/mol. The summed E-state index contributed by atoms with van der Waals surface area (Å²) in [5.41, 5.74) is 0. The highest BCUT2D eigenvalue weighted by atomic mass is 16.1. The van der Waals surface area contributed by atoms with Crippen LogP contribution in [0, 0.1) is 11.8 Å². The number of hydrogen-bond donors (Lipinski definition) is 0. The predicted octanol–water partition coefficient (Wildman–Crippen LogP) is 0.721. The van der Waals surface area contributed by atoms with E-state index in [1.807, 2.05) is 12.2 Å². The molecule has 2 aliphatic carbocycles. The molecule has 10 heavy (non-hydrogen) atoms. The molecule has 2 atom stereocenters. The highest BCUT2D eigenvalue weighted by Gasteiger charge is 2.38. The van der Waals surface area contributed by atoms with Gasteiger partial charge in [-0.2, -0.15) is 0 Å². The van der Waals surface area contributed by atoms with E-state index < -0.39 is 0 Å². The van der Waals surface area contributed by atoms with Crippen LogP contribution >= 0.6 is 0 Å². The molecule has 0 radical (unpaired) electrons. The number of carbonyl (C=O) groups is 2. The average molecular weight is 136 g/mol. The highest BCUT2D eigenvalue weighted by molar-refractivity contribution is 6.00. The highest BCUT2D eigenvalue weighted by Crippen LogP contribution is 2.33. The molecule has 1 fully saturated rings. The van der Waals surface area contributed by atoms with E-state index in [2.05, 4.69) is 0 Å². The lowest BCUT2D eigenvalue weighted by Crippen LogP contribution is -2.37. The zero-order chi connectivity index (χ0) is 7.14. The van der Waals surface area contributed by atoms with Gasteiger partial charge >= 0.3 is 0 Å². The first-order valence-corrected chi connectivity index (χ1v) is 3.53. The molecule has 0 amide bonds. The second-order valence-corrected chi connectivity index (χ2v) is 2.87. The molecular formula is C8H8O2. The van der Waals surface area contributed by atoms with Crippen LogP contribution in [0.3, 0.4) is 0 Å². The molecule has 0 aliphatic heterocycles. The molecule has 0 saturated heterocycles. The van der Waals surface area contributed by atoms with Crippen molar-refractivity contribution in [2.75, 3.05) is 0 Å². The van der Waals surface area contributed by atoms with Crippen LogP contribution in [-0.2, 0) is 9.59 Å². The Morgan fingerprint density at radius 3 is 1.70 bits per heavy atom. The second-order valence-electron chi connectivity index (χ2n) is 2.87. The first-order valence-electron chi connectivity index (χ1n) is 3.53. The summed E-state index contributed by atoms with van der Waals surface area (Å²) in [6.45, 7) is 0. The Bertz CT molecular complexity index is 203. The molecule has 2 heteroatoms. The number of hydrogen-bond acceptors (Lipinski definition) is 2. The van der Waals surface area contributed by atoms with Crippen LogP contribution in [0.1, 0.15) is 12.8 Å². The Kier molecular flexibility index (Phi) is 1.04. The molecule has 0 aromatic heterocycles. The minimum absolute atomic E-state index is 0.0405. The van der Waals surface area contributed by atoms with Crippen molar-refractivity contribution in [1.29, 1.82) is 0 Å². The summed E-state index contributed by atoms with van der Waals surface area (Å²) in [5.74, 6) is 0.404. The van der Waals surface area contributed by atoms with Gasteiger partial charge in [0.2, 0.25) is 0 Å². The summed E-state index contributed by atoms with van der Waals surface area (Å²) in [6.07, 6.45) is 4.60. The van der Waals surface area contributed by atoms with E-state index in [9.17, 15) is 9.59 Å². The number of carbonyl (C=O) groups excluding carboxylic acids is 2. The maximum atomic E-state index is 11.0. The summed E-state index contributed by atoms with van der Waals surface area (Å²) in [5, 5.41) is 0. The van der Waals surface area contributed by atoms with Crippen molar-refractivity contribution >= 4 is 11.6 Å². The third-order valence-corrected chi connectivity index (χ3v) is 2.27. The first-order chi connectivity index (χ1) is 4.79. The summed E-state index contributed by atoms with van der Waals surface area (Å²) >= 11 is 0. The summed E-state index contributed by atoms with van der Waals surface area (Å²) < 4.78 is 0. The maximum Gasteiger partial charge on any atom is 0.141 e. The lowest BCUT2D eigenvalue weighted by atomic mass is 9.70. The van der Waals surface area contributed by atoms with Gasteiger partial charge in [0.15, 0.2) is 0 Å². The van der Waals surface area contributed by atoms with Gasteiger partial charge in [0.1, 0.15) is 11.6 Å². The van der Waals surface area contributed by atoms with Crippen molar-refractivity contribution in [3.05, 3.63) is 12.2 Å². The zero-order valence-corrected chi connectivity index (χ0v) is 5.54. The topological polar surface area (TPSA) is 34.1 Å². The van der Waals surface area contributed by atoms with Gasteiger partial charge in [-0.25, -0.2) is 0 Å². The minimum Gasteiger partial charge on any atom is -0.299 e. The Balaban J connectivity index is 2.25. The second kappa shape index (κ2) is 1.78. The van der Waals surface area contributed by atoms with Gasteiger partial charge in [0.25, 0.3) is 0 Å². The third kappa shape index (κ3) is 0.589. The molecule has 1 saturated carbocycles. The molecule has 2 rings (SSSR count). The van der Waals surface area contributed by atoms with Crippen molar-refractivity contribution in [1.82, 2.24) is 0 Å². The van der Waals surface area contributed by atoms with Crippen LogP contribution in [0.2, 0.25) is 0 Å². The van der Waals surface area contributed by atoms with Crippen LogP contribution in [0.25, 0.3) is 0 Å². The van der Waals surface area contributed by atoms with Crippen molar-refractivity contribution < 1.29 is 9.59 Å². The summed E-state index contributed by atoms with van der Waals surface area (Å²) in [4.78, 5) is 22.0. The average Bonchev–Trinajstić information content (AvgIpc) is 1.78. The van der Waals surface area contributed by atoms with Crippen molar-refractivity contribution in [2.24, 2.45) is 11.8 Å². The normalized spacial score (nSPS) is 37.2. The molecule has 0 unspecified atom stereocenters. The van der Waals surface area contributed by atoms with Crippen LogP contribution in [0.4, 0.5) is 0 Å². The predicted molar refractivity (Wildman–Crippen MR) is 35.4 cm³/mol. The lowest BCUT2D eigenvalue weighted by molar-refractivity contribution is -0.135. The minimum atomic E-state index is -0.0405. The van der Waals surface area contributed by atoms with Crippen molar-refractivity contribution in [2.45, 2.75) is 12.8 Å². The molecular weight excluding hydrogens is 128 g/mol. The standard InChI is InChI=1S/C8H8O2/c9-7-3-4-8(10)6-2-1-5(6)7/h1-2,5-6H,3-4H2/t5-,6+. The fourth-order valence-electron chi connectivity index (χ4n) is 1.53. The first kappa shape index (κ1) is 5.83. The summed E-state index contributed by atoms with van der Waals surface area (Å²) in [6, 6.07) is 0. The number of ketones is 2. The molecule has 52 valence electrons. The van der Waals surface area contributed by atoms with Gasteiger partial charge in [-0.15, -0.1) is 0 Å². The molecule has 0 aromatic rings. The molecule has 0 N–H and O–H groups in total. The third-order valence-electron chi connectivity index (χ3n) is 2.27. The van der Waals surface area contributed by atoms with Crippen LogP contribution in [0.5, 0.6) is 0 Å². The van der Waals surface area contributed by atoms with Crippen LogP contribution in [-0.4, -0.2) is 11.6 Å². The molecule has 2 nitrogen and oxygen atoms in total. The molecule has 2 aliphatic rings. The molecule has 0 heterocycles. The molecule has 0 aromatic carbocycles. The smallest absolute Gasteiger partial charge is 0.141 e. The zero-order valence-electron chi connectivity index (χ0n) is 5.54. The van der Waals surface area contributed by atoms with E-state index in [1.165, 1.54) is 0 Å². The van der Waals surface area contributed by atoms with E-state index in [0.717, 1.165) is 0 Å². The largest absolute Gasteiger partial charge is 0.299 e. The number of rotatable bonds is 0. The fourth-order valence-corrected chi connectivity index (χ4v) is 1.53. The van der Waals surface area contributed by atoms with E-state index in [4.69, 9.17) is 0 Å². The van der Waals surface area contributed by atoms with Gasteiger partial charge in [-0.3, -0.25) is 9.59 Å². The fraction of sp³-hybridized carbons (Fsp3) is 0.500. The Morgan fingerprint density at radius 2 is 1.40 bits per heavy atom. The lowest BCUT2D eigenvalue weighted by Gasteiger charge is -2.30. The van der Waals surface area contributed by atoms with Gasteiger partial charge in [0.05, 0.1) is 0 Å².